The number of rotatable bonds is 4. The maximum absolute atomic E-state index is 12.1. The number of carbonyl (C=O) groups is 1. The molecule has 0 fully saturated rings. The van der Waals surface area contributed by atoms with Gasteiger partial charge in [0.05, 0.1) is 6.04 Å². The van der Waals surface area contributed by atoms with Gasteiger partial charge >= 0.3 is 0 Å². The molecule has 1 atom stereocenters. The van der Waals surface area contributed by atoms with E-state index in [0.717, 1.165) is 5.56 Å². The summed E-state index contributed by atoms with van der Waals surface area (Å²) >= 11 is 17.0. The standard InChI is InChI=1S/C13H14Cl3NO/c1-3-9-17(12(18)13(14,15)16)10(2)11-7-5-4-6-8-11/h3-8,10H,1,9H2,2H3. The van der Waals surface area contributed by atoms with Crippen LogP contribution in [-0.4, -0.2) is 21.1 Å². The average Bonchev–Trinajstić information content (AvgIpc) is 2.34. The molecule has 1 rings (SSSR count). The van der Waals surface area contributed by atoms with Crippen molar-refractivity contribution >= 4 is 40.7 Å². The Morgan fingerprint density at radius 1 is 1.39 bits per heavy atom. The van der Waals surface area contributed by atoms with Gasteiger partial charge in [-0.1, -0.05) is 71.2 Å². The van der Waals surface area contributed by atoms with Crippen LogP contribution in [0.1, 0.15) is 18.5 Å². The average molecular weight is 307 g/mol. The van der Waals surface area contributed by atoms with Crippen molar-refractivity contribution in [1.82, 2.24) is 4.90 Å². The number of nitrogens with zero attached hydrogens (tertiary/aromatic N) is 1. The fraction of sp³-hybridized carbons (Fsp3) is 0.308. The zero-order valence-electron chi connectivity index (χ0n) is 9.95. The van der Waals surface area contributed by atoms with Crippen LogP contribution in [0.25, 0.3) is 0 Å². The number of amides is 1. The molecule has 0 spiro atoms. The van der Waals surface area contributed by atoms with E-state index >= 15 is 0 Å². The van der Waals surface area contributed by atoms with Crippen LogP contribution in [-0.2, 0) is 4.79 Å². The second kappa shape index (κ2) is 6.46. The summed E-state index contributed by atoms with van der Waals surface area (Å²) in [5, 5.41) is 0. The molecule has 0 aliphatic rings. The SMILES string of the molecule is C=CCN(C(=O)C(Cl)(Cl)Cl)C(C)c1ccccc1. The molecule has 0 saturated carbocycles. The highest BCUT2D eigenvalue weighted by atomic mass is 35.6. The lowest BCUT2D eigenvalue weighted by Gasteiger charge is -2.31. The van der Waals surface area contributed by atoms with Crippen molar-refractivity contribution in [3.63, 3.8) is 0 Å². The minimum Gasteiger partial charge on any atom is -0.329 e. The molecule has 0 heterocycles. The topological polar surface area (TPSA) is 20.3 Å². The molecule has 5 heteroatoms. The van der Waals surface area contributed by atoms with Crippen LogP contribution in [0, 0.1) is 0 Å². The minimum atomic E-state index is -1.95. The first-order chi connectivity index (χ1) is 8.38. The number of alkyl halides is 3. The molecule has 98 valence electrons. The van der Waals surface area contributed by atoms with E-state index in [-0.39, 0.29) is 6.04 Å². The monoisotopic (exact) mass is 305 g/mol. The van der Waals surface area contributed by atoms with Crippen molar-refractivity contribution in [2.24, 2.45) is 0 Å². The Labute approximate surface area is 122 Å². The first-order valence-corrected chi connectivity index (χ1v) is 6.55. The number of carbonyl (C=O) groups excluding carboxylic acids is 1. The smallest absolute Gasteiger partial charge is 0.275 e. The van der Waals surface area contributed by atoms with E-state index in [1.165, 1.54) is 4.90 Å². The summed E-state index contributed by atoms with van der Waals surface area (Å²) in [7, 11) is 0. The molecule has 1 unspecified atom stereocenters. The Balaban J connectivity index is 2.99. The molecule has 0 saturated heterocycles. The lowest BCUT2D eigenvalue weighted by Crippen LogP contribution is -2.41. The number of hydrogen-bond acceptors (Lipinski definition) is 1. The van der Waals surface area contributed by atoms with Gasteiger partial charge in [-0.25, -0.2) is 0 Å². The van der Waals surface area contributed by atoms with Gasteiger partial charge in [-0.3, -0.25) is 4.79 Å². The van der Waals surface area contributed by atoms with E-state index in [0.29, 0.717) is 6.54 Å². The van der Waals surface area contributed by atoms with E-state index in [1.807, 2.05) is 37.3 Å². The number of benzene rings is 1. The quantitative estimate of drug-likeness (QED) is 0.605. The zero-order chi connectivity index (χ0) is 13.8. The summed E-state index contributed by atoms with van der Waals surface area (Å²) in [4.78, 5) is 13.5. The Hall–Kier alpha value is -0.700. The van der Waals surface area contributed by atoms with E-state index in [9.17, 15) is 4.79 Å². The third-order valence-electron chi connectivity index (χ3n) is 2.58. The maximum atomic E-state index is 12.1. The third-order valence-corrected chi connectivity index (χ3v) is 3.06. The first-order valence-electron chi connectivity index (χ1n) is 5.41. The molecule has 0 radical (unpaired) electrons. The summed E-state index contributed by atoms with van der Waals surface area (Å²) in [6, 6.07) is 9.37. The van der Waals surface area contributed by atoms with Crippen LogP contribution in [0.5, 0.6) is 0 Å². The normalized spacial score (nSPS) is 12.9. The van der Waals surface area contributed by atoms with Crippen molar-refractivity contribution in [3.05, 3.63) is 48.6 Å². The van der Waals surface area contributed by atoms with Crippen molar-refractivity contribution in [2.75, 3.05) is 6.54 Å². The van der Waals surface area contributed by atoms with E-state index in [1.54, 1.807) is 6.08 Å². The zero-order valence-corrected chi connectivity index (χ0v) is 12.2. The third kappa shape index (κ3) is 3.91. The van der Waals surface area contributed by atoms with Gasteiger partial charge in [0.1, 0.15) is 0 Å². The van der Waals surface area contributed by atoms with Gasteiger partial charge in [-0.15, -0.1) is 6.58 Å². The maximum Gasteiger partial charge on any atom is 0.275 e. The van der Waals surface area contributed by atoms with Gasteiger partial charge in [0.25, 0.3) is 9.70 Å². The molecule has 18 heavy (non-hydrogen) atoms. The van der Waals surface area contributed by atoms with E-state index in [4.69, 9.17) is 34.8 Å². The Morgan fingerprint density at radius 3 is 2.39 bits per heavy atom. The van der Waals surface area contributed by atoms with Gasteiger partial charge in [0.2, 0.25) is 0 Å². The second-order valence-corrected chi connectivity index (χ2v) is 6.11. The molecule has 1 aromatic rings. The van der Waals surface area contributed by atoms with Gasteiger partial charge in [-0.2, -0.15) is 0 Å². The van der Waals surface area contributed by atoms with E-state index in [2.05, 4.69) is 6.58 Å². The molecule has 1 aromatic carbocycles. The molecule has 2 nitrogen and oxygen atoms in total. The summed E-state index contributed by atoms with van der Waals surface area (Å²) in [5.41, 5.74) is 0.974. The van der Waals surface area contributed by atoms with Crippen LogP contribution in [0.2, 0.25) is 0 Å². The Bertz CT molecular complexity index is 414. The fourth-order valence-corrected chi connectivity index (χ4v) is 1.96. The molecular formula is C13H14Cl3NO. The molecule has 0 aromatic heterocycles. The Kier molecular flexibility index (Phi) is 5.51. The van der Waals surface area contributed by atoms with Crippen LogP contribution in [0.3, 0.4) is 0 Å². The largest absolute Gasteiger partial charge is 0.329 e. The van der Waals surface area contributed by atoms with Crippen molar-refractivity contribution < 1.29 is 4.79 Å². The lowest BCUT2D eigenvalue weighted by atomic mass is 10.1. The number of halogens is 3. The van der Waals surface area contributed by atoms with Crippen molar-refractivity contribution in [2.45, 2.75) is 16.8 Å². The van der Waals surface area contributed by atoms with Crippen LogP contribution in [0.4, 0.5) is 0 Å². The van der Waals surface area contributed by atoms with Crippen LogP contribution in [0.15, 0.2) is 43.0 Å². The van der Waals surface area contributed by atoms with Gasteiger partial charge in [0, 0.05) is 6.54 Å². The molecule has 1 amide bonds. The summed E-state index contributed by atoms with van der Waals surface area (Å²) in [5.74, 6) is -0.552. The van der Waals surface area contributed by atoms with Gasteiger partial charge < -0.3 is 4.90 Å². The lowest BCUT2D eigenvalue weighted by molar-refractivity contribution is -0.131. The van der Waals surface area contributed by atoms with Crippen LogP contribution < -0.4 is 0 Å². The van der Waals surface area contributed by atoms with Crippen LogP contribution >= 0.6 is 34.8 Å². The van der Waals surface area contributed by atoms with E-state index < -0.39 is 9.70 Å². The first kappa shape index (κ1) is 15.4. The molecule has 0 N–H and O–H groups in total. The van der Waals surface area contributed by atoms with Gasteiger partial charge in [-0.05, 0) is 12.5 Å². The van der Waals surface area contributed by atoms with Gasteiger partial charge in [0.15, 0.2) is 0 Å². The molecule has 0 aliphatic carbocycles. The summed E-state index contributed by atoms with van der Waals surface area (Å²) in [6.07, 6.45) is 1.60. The number of hydrogen-bond donors (Lipinski definition) is 0. The predicted molar refractivity (Wildman–Crippen MR) is 77.1 cm³/mol. The Morgan fingerprint density at radius 2 is 1.94 bits per heavy atom. The summed E-state index contributed by atoms with van der Waals surface area (Å²) in [6.45, 7) is 5.82. The molecular weight excluding hydrogens is 293 g/mol. The van der Waals surface area contributed by atoms with Crippen molar-refractivity contribution in [1.29, 1.82) is 0 Å². The van der Waals surface area contributed by atoms with Crippen molar-refractivity contribution in [3.8, 4) is 0 Å². The highest BCUT2D eigenvalue weighted by Gasteiger charge is 2.36. The molecule has 0 bridgehead atoms. The fourth-order valence-electron chi connectivity index (χ4n) is 1.63. The summed E-state index contributed by atoms with van der Waals surface area (Å²) < 4.78 is -1.95. The second-order valence-electron chi connectivity index (χ2n) is 3.83. The minimum absolute atomic E-state index is 0.188. The highest BCUT2D eigenvalue weighted by Crippen LogP contribution is 2.32. The molecule has 0 aliphatic heterocycles. The predicted octanol–water partition coefficient (Wildman–Crippen LogP) is 4.13. The highest BCUT2D eigenvalue weighted by molar-refractivity contribution is 6.76.